The lowest BCUT2D eigenvalue weighted by Gasteiger charge is -2.32. The van der Waals surface area contributed by atoms with E-state index in [4.69, 9.17) is 9.84 Å². The van der Waals surface area contributed by atoms with Crippen molar-refractivity contribution in [3.05, 3.63) is 41.5 Å². The maximum atomic E-state index is 13.0. The molecule has 0 aliphatic heterocycles. The predicted molar refractivity (Wildman–Crippen MR) is 113 cm³/mol. The lowest BCUT2D eigenvalue weighted by atomic mass is 9.83. The Morgan fingerprint density at radius 3 is 2.28 bits per heavy atom. The van der Waals surface area contributed by atoms with E-state index in [1.165, 1.54) is 19.3 Å². The standard InChI is InChI=1S/C24H33NO4/c1-17(19-14-11-18(12-15-19)13-16-22(26)27)25-23(20-7-3-2-4-8-20)24(28)29-21-9-5-6-10-21/h11-17,20-21,23,25H,2-10H2,1H3,(H,26,27)/t17?,23-/m0/s1. The Kier molecular flexibility index (Phi) is 7.87. The molecule has 0 heterocycles. The third-order valence-electron chi connectivity index (χ3n) is 6.24. The van der Waals surface area contributed by atoms with Gasteiger partial charge in [0, 0.05) is 12.1 Å². The van der Waals surface area contributed by atoms with Crippen molar-refractivity contribution in [2.45, 2.75) is 82.9 Å². The minimum Gasteiger partial charge on any atom is -0.478 e. The van der Waals surface area contributed by atoms with Gasteiger partial charge >= 0.3 is 11.9 Å². The highest BCUT2D eigenvalue weighted by Gasteiger charge is 2.33. The van der Waals surface area contributed by atoms with Crippen molar-refractivity contribution in [2.75, 3.05) is 0 Å². The Morgan fingerprint density at radius 2 is 1.66 bits per heavy atom. The smallest absolute Gasteiger partial charge is 0.328 e. The Labute approximate surface area is 173 Å². The van der Waals surface area contributed by atoms with Gasteiger partial charge in [-0.1, -0.05) is 43.5 Å². The zero-order chi connectivity index (χ0) is 20.6. The molecule has 2 N–H and O–H groups in total. The normalized spacial score (nSPS) is 20.6. The largest absolute Gasteiger partial charge is 0.478 e. The molecule has 1 unspecified atom stereocenters. The molecular formula is C24H33NO4. The molecule has 2 aliphatic carbocycles. The maximum absolute atomic E-state index is 13.0. The Balaban J connectivity index is 1.66. The summed E-state index contributed by atoms with van der Waals surface area (Å²) in [5.74, 6) is -0.713. The fourth-order valence-electron chi connectivity index (χ4n) is 4.54. The summed E-state index contributed by atoms with van der Waals surface area (Å²) in [6, 6.07) is 7.52. The second-order valence-electron chi connectivity index (χ2n) is 8.45. The molecule has 2 aliphatic rings. The zero-order valence-electron chi connectivity index (χ0n) is 17.3. The summed E-state index contributed by atoms with van der Waals surface area (Å²) in [5.41, 5.74) is 1.92. The van der Waals surface area contributed by atoms with Crippen LogP contribution in [-0.2, 0) is 14.3 Å². The van der Waals surface area contributed by atoms with Gasteiger partial charge in [-0.25, -0.2) is 4.79 Å². The Bertz CT molecular complexity index is 700. The highest BCUT2D eigenvalue weighted by Crippen LogP contribution is 2.30. The molecule has 29 heavy (non-hydrogen) atoms. The fraction of sp³-hybridized carbons (Fsp3) is 0.583. The highest BCUT2D eigenvalue weighted by atomic mass is 16.5. The number of carboxylic acids is 1. The monoisotopic (exact) mass is 399 g/mol. The summed E-state index contributed by atoms with van der Waals surface area (Å²) in [5, 5.41) is 12.3. The fourth-order valence-corrected chi connectivity index (χ4v) is 4.54. The van der Waals surface area contributed by atoms with E-state index in [1.807, 2.05) is 24.3 Å². The van der Waals surface area contributed by atoms with Crippen LogP contribution in [0.2, 0.25) is 0 Å². The predicted octanol–water partition coefficient (Wildman–Crippen LogP) is 4.87. The van der Waals surface area contributed by atoms with Gasteiger partial charge in [-0.3, -0.25) is 10.1 Å². The van der Waals surface area contributed by atoms with Crippen LogP contribution in [0.4, 0.5) is 0 Å². The van der Waals surface area contributed by atoms with Crippen LogP contribution in [0.15, 0.2) is 30.3 Å². The van der Waals surface area contributed by atoms with Crippen molar-refractivity contribution in [3.63, 3.8) is 0 Å². The topological polar surface area (TPSA) is 75.6 Å². The van der Waals surface area contributed by atoms with Gasteiger partial charge in [0.05, 0.1) is 0 Å². The molecule has 5 nitrogen and oxygen atoms in total. The quantitative estimate of drug-likeness (QED) is 0.482. The first-order valence-corrected chi connectivity index (χ1v) is 11.0. The van der Waals surface area contributed by atoms with Crippen LogP contribution in [-0.4, -0.2) is 29.2 Å². The van der Waals surface area contributed by atoms with E-state index in [-0.39, 0.29) is 24.2 Å². The average Bonchev–Trinajstić information content (AvgIpc) is 3.24. The molecule has 3 rings (SSSR count). The van der Waals surface area contributed by atoms with E-state index in [9.17, 15) is 9.59 Å². The maximum Gasteiger partial charge on any atom is 0.328 e. The van der Waals surface area contributed by atoms with Crippen LogP contribution < -0.4 is 5.32 Å². The first-order chi connectivity index (χ1) is 14.0. The molecule has 0 aromatic heterocycles. The number of ether oxygens (including phenoxy) is 1. The molecule has 5 heteroatoms. The molecule has 1 aromatic rings. The summed E-state index contributed by atoms with van der Waals surface area (Å²) in [6.45, 7) is 2.07. The van der Waals surface area contributed by atoms with Gasteiger partial charge < -0.3 is 9.84 Å². The lowest BCUT2D eigenvalue weighted by molar-refractivity contribution is -0.153. The van der Waals surface area contributed by atoms with Gasteiger partial charge in [0.25, 0.3) is 0 Å². The molecule has 0 saturated heterocycles. The number of carboxylic acid groups (broad SMARTS) is 1. The molecular weight excluding hydrogens is 366 g/mol. The number of esters is 1. The van der Waals surface area contributed by atoms with E-state index in [1.54, 1.807) is 6.08 Å². The minimum atomic E-state index is -0.958. The first kappa shape index (κ1) is 21.6. The van der Waals surface area contributed by atoms with Gasteiger partial charge in [-0.05, 0) is 68.6 Å². The molecule has 2 fully saturated rings. The number of carbonyl (C=O) groups excluding carboxylic acids is 1. The number of aliphatic carboxylic acids is 1. The minimum absolute atomic E-state index is 0.00978. The molecule has 0 amide bonds. The highest BCUT2D eigenvalue weighted by molar-refractivity contribution is 5.85. The van der Waals surface area contributed by atoms with Crippen LogP contribution >= 0.6 is 0 Å². The molecule has 0 bridgehead atoms. The number of nitrogens with one attached hydrogen (secondary N) is 1. The Hall–Kier alpha value is -2.14. The summed E-state index contributed by atoms with van der Waals surface area (Å²) in [6.07, 6.45) is 12.8. The van der Waals surface area contributed by atoms with Gasteiger partial charge in [0.2, 0.25) is 0 Å². The van der Waals surface area contributed by atoms with Crippen molar-refractivity contribution in [1.82, 2.24) is 5.32 Å². The number of hydrogen-bond donors (Lipinski definition) is 2. The molecule has 158 valence electrons. The second-order valence-corrected chi connectivity index (χ2v) is 8.45. The van der Waals surface area contributed by atoms with Crippen LogP contribution in [0, 0.1) is 5.92 Å². The molecule has 1 aromatic carbocycles. The number of carbonyl (C=O) groups is 2. The van der Waals surface area contributed by atoms with Gasteiger partial charge in [-0.15, -0.1) is 0 Å². The van der Waals surface area contributed by atoms with E-state index in [2.05, 4.69) is 12.2 Å². The SMILES string of the molecule is CC(N[C@H](C(=O)OC1CCCC1)C1CCCCC1)c1ccc(C=CC(=O)O)cc1. The van der Waals surface area contributed by atoms with Gasteiger partial charge in [-0.2, -0.15) is 0 Å². The molecule has 2 atom stereocenters. The number of rotatable bonds is 8. The second kappa shape index (κ2) is 10.6. The van der Waals surface area contributed by atoms with E-state index >= 15 is 0 Å². The first-order valence-electron chi connectivity index (χ1n) is 11.0. The lowest BCUT2D eigenvalue weighted by Crippen LogP contribution is -2.46. The summed E-state index contributed by atoms with van der Waals surface area (Å²) < 4.78 is 5.87. The Morgan fingerprint density at radius 1 is 1.03 bits per heavy atom. The van der Waals surface area contributed by atoms with Crippen molar-refractivity contribution < 1.29 is 19.4 Å². The van der Waals surface area contributed by atoms with Crippen molar-refractivity contribution >= 4 is 18.0 Å². The van der Waals surface area contributed by atoms with E-state index in [0.717, 1.165) is 55.7 Å². The molecule has 0 radical (unpaired) electrons. The number of benzene rings is 1. The zero-order valence-corrected chi connectivity index (χ0v) is 17.3. The van der Waals surface area contributed by atoms with Crippen molar-refractivity contribution in [2.24, 2.45) is 5.92 Å². The van der Waals surface area contributed by atoms with Crippen LogP contribution in [0.1, 0.15) is 81.9 Å². The summed E-state index contributed by atoms with van der Waals surface area (Å²) in [7, 11) is 0. The van der Waals surface area contributed by atoms with E-state index in [0.29, 0.717) is 5.92 Å². The third-order valence-corrected chi connectivity index (χ3v) is 6.24. The van der Waals surface area contributed by atoms with Crippen molar-refractivity contribution in [3.8, 4) is 0 Å². The summed E-state index contributed by atoms with van der Waals surface area (Å²) >= 11 is 0. The van der Waals surface area contributed by atoms with Crippen LogP contribution in [0.3, 0.4) is 0 Å². The number of hydrogen-bond acceptors (Lipinski definition) is 4. The van der Waals surface area contributed by atoms with Gasteiger partial charge in [0.15, 0.2) is 0 Å². The van der Waals surface area contributed by atoms with Crippen LogP contribution in [0.5, 0.6) is 0 Å². The van der Waals surface area contributed by atoms with Crippen LogP contribution in [0.25, 0.3) is 6.08 Å². The third kappa shape index (κ3) is 6.43. The van der Waals surface area contributed by atoms with Gasteiger partial charge in [0.1, 0.15) is 12.1 Å². The summed E-state index contributed by atoms with van der Waals surface area (Å²) in [4.78, 5) is 23.7. The molecule has 0 spiro atoms. The van der Waals surface area contributed by atoms with E-state index < -0.39 is 5.97 Å². The average molecular weight is 400 g/mol. The molecule has 2 saturated carbocycles. The van der Waals surface area contributed by atoms with Crippen molar-refractivity contribution in [1.29, 1.82) is 0 Å².